The molecule has 2 N–H and O–H groups in total. The molecule has 3 rings (SSSR count). The van der Waals surface area contributed by atoms with Gasteiger partial charge in [-0.05, 0) is 42.7 Å². The number of hydrogen-bond acceptors (Lipinski definition) is 3. The van der Waals surface area contributed by atoms with E-state index in [0.29, 0.717) is 5.13 Å². The number of aromatic nitrogens is 1. The van der Waals surface area contributed by atoms with Gasteiger partial charge < -0.3 is 5.73 Å². The molecule has 1 aromatic heterocycles. The van der Waals surface area contributed by atoms with E-state index in [1.807, 2.05) is 38.1 Å². The lowest BCUT2D eigenvalue weighted by Crippen LogP contribution is -1.91. The van der Waals surface area contributed by atoms with Crippen molar-refractivity contribution in [3.8, 4) is 21.7 Å². The molecule has 0 aliphatic rings. The molecular weight excluding hydrogens is 283 g/mol. The van der Waals surface area contributed by atoms with E-state index in [1.165, 1.54) is 23.5 Å². The van der Waals surface area contributed by atoms with Gasteiger partial charge in [0.2, 0.25) is 0 Å². The number of nitrogens with zero attached hydrogens (tertiary/aromatic N) is 1. The van der Waals surface area contributed by atoms with Crippen molar-refractivity contribution in [2.24, 2.45) is 0 Å². The highest BCUT2D eigenvalue weighted by molar-refractivity contribution is 7.19. The quantitative estimate of drug-likeness (QED) is 0.737. The summed E-state index contributed by atoms with van der Waals surface area (Å²) in [7, 11) is 0. The predicted molar refractivity (Wildman–Crippen MR) is 86.8 cm³/mol. The van der Waals surface area contributed by atoms with Gasteiger partial charge >= 0.3 is 0 Å². The first-order valence-corrected chi connectivity index (χ1v) is 7.46. The van der Waals surface area contributed by atoms with E-state index in [-0.39, 0.29) is 5.82 Å². The molecule has 0 spiro atoms. The molecule has 1 heterocycles. The summed E-state index contributed by atoms with van der Waals surface area (Å²) < 4.78 is 13.5. The normalized spacial score (nSPS) is 10.8. The zero-order chi connectivity index (χ0) is 15.0. The molecular formula is C17H15FN2S. The number of nitrogen functional groups attached to an aromatic ring is 1. The molecule has 106 valence electrons. The Balaban J connectivity index is 2.26. The first-order chi connectivity index (χ1) is 10.1. The summed E-state index contributed by atoms with van der Waals surface area (Å²) in [6.07, 6.45) is 0. The van der Waals surface area contributed by atoms with E-state index in [4.69, 9.17) is 5.73 Å². The predicted octanol–water partition coefficient (Wildman–Crippen LogP) is 4.82. The van der Waals surface area contributed by atoms with Crippen molar-refractivity contribution in [2.45, 2.75) is 13.8 Å². The van der Waals surface area contributed by atoms with E-state index < -0.39 is 0 Å². The zero-order valence-corrected chi connectivity index (χ0v) is 12.7. The second-order valence-electron chi connectivity index (χ2n) is 5.01. The average molecular weight is 298 g/mol. The molecule has 2 aromatic carbocycles. The summed E-state index contributed by atoms with van der Waals surface area (Å²) in [6.45, 7) is 4.10. The molecule has 0 saturated carbocycles. The Morgan fingerprint density at radius 1 is 1.05 bits per heavy atom. The molecule has 4 heteroatoms. The SMILES string of the molecule is Cc1cccc(C)c1-c1nc(N)sc1-c1cccc(F)c1. The monoisotopic (exact) mass is 298 g/mol. The number of aryl methyl sites for hydroxylation is 2. The third kappa shape index (κ3) is 2.54. The minimum Gasteiger partial charge on any atom is -0.375 e. The molecule has 2 nitrogen and oxygen atoms in total. The van der Waals surface area contributed by atoms with Crippen molar-refractivity contribution in [1.82, 2.24) is 4.98 Å². The number of anilines is 1. The summed E-state index contributed by atoms with van der Waals surface area (Å²) in [5, 5.41) is 0.493. The highest BCUT2D eigenvalue weighted by Crippen LogP contribution is 2.40. The molecule has 0 aliphatic heterocycles. The van der Waals surface area contributed by atoms with Gasteiger partial charge in [-0.3, -0.25) is 0 Å². The van der Waals surface area contributed by atoms with Gasteiger partial charge in [0.15, 0.2) is 5.13 Å². The van der Waals surface area contributed by atoms with Crippen LogP contribution in [0.1, 0.15) is 11.1 Å². The van der Waals surface area contributed by atoms with Crippen LogP contribution in [-0.4, -0.2) is 4.98 Å². The van der Waals surface area contributed by atoms with Crippen molar-refractivity contribution in [2.75, 3.05) is 5.73 Å². The van der Waals surface area contributed by atoms with Crippen LogP contribution in [0.15, 0.2) is 42.5 Å². The first kappa shape index (κ1) is 13.8. The number of nitrogens with two attached hydrogens (primary N) is 1. The Labute approximate surface area is 127 Å². The van der Waals surface area contributed by atoms with Crippen LogP contribution in [0.4, 0.5) is 9.52 Å². The molecule has 3 aromatic rings. The summed E-state index contributed by atoms with van der Waals surface area (Å²) in [4.78, 5) is 5.39. The van der Waals surface area contributed by atoms with Gasteiger partial charge in [-0.25, -0.2) is 9.37 Å². The van der Waals surface area contributed by atoms with E-state index >= 15 is 0 Å². The Hall–Kier alpha value is -2.20. The Kier molecular flexibility index (Phi) is 3.47. The minimum absolute atomic E-state index is 0.257. The largest absolute Gasteiger partial charge is 0.375 e. The van der Waals surface area contributed by atoms with Gasteiger partial charge in [0, 0.05) is 5.56 Å². The molecule has 0 fully saturated rings. The third-order valence-electron chi connectivity index (χ3n) is 3.45. The second-order valence-corrected chi connectivity index (χ2v) is 6.04. The van der Waals surface area contributed by atoms with Crippen molar-refractivity contribution in [1.29, 1.82) is 0 Å². The molecule has 0 aliphatic carbocycles. The average Bonchev–Trinajstić information content (AvgIpc) is 2.80. The summed E-state index contributed by atoms with van der Waals surface area (Å²) in [5.74, 6) is -0.257. The van der Waals surface area contributed by atoms with E-state index in [9.17, 15) is 4.39 Å². The molecule has 21 heavy (non-hydrogen) atoms. The number of thiazole rings is 1. The summed E-state index contributed by atoms with van der Waals surface area (Å²) >= 11 is 1.39. The highest BCUT2D eigenvalue weighted by Gasteiger charge is 2.17. The summed E-state index contributed by atoms with van der Waals surface area (Å²) in [6, 6.07) is 12.7. The van der Waals surface area contributed by atoms with Crippen molar-refractivity contribution < 1.29 is 4.39 Å². The lowest BCUT2D eigenvalue weighted by molar-refractivity contribution is 0.628. The van der Waals surface area contributed by atoms with Gasteiger partial charge in [-0.1, -0.05) is 41.7 Å². The van der Waals surface area contributed by atoms with Crippen LogP contribution in [0.5, 0.6) is 0 Å². The standard InChI is InChI=1S/C17H15FN2S/c1-10-5-3-6-11(2)14(10)15-16(21-17(19)20-15)12-7-4-8-13(18)9-12/h3-9H,1-2H3,(H2,19,20). The lowest BCUT2D eigenvalue weighted by Gasteiger charge is -2.09. The van der Waals surface area contributed by atoms with Gasteiger partial charge in [-0.15, -0.1) is 0 Å². The fourth-order valence-electron chi connectivity index (χ4n) is 2.52. The van der Waals surface area contributed by atoms with Crippen LogP contribution in [0.25, 0.3) is 21.7 Å². The van der Waals surface area contributed by atoms with Gasteiger partial charge in [-0.2, -0.15) is 0 Å². The molecule has 0 saturated heterocycles. The van der Waals surface area contributed by atoms with E-state index in [1.54, 1.807) is 6.07 Å². The molecule has 0 atom stereocenters. The highest BCUT2D eigenvalue weighted by atomic mass is 32.1. The molecule has 0 amide bonds. The number of halogens is 1. The fraction of sp³-hybridized carbons (Fsp3) is 0.118. The number of hydrogen-bond donors (Lipinski definition) is 1. The maximum absolute atomic E-state index is 13.5. The van der Waals surface area contributed by atoms with Crippen molar-refractivity contribution >= 4 is 16.5 Å². The Bertz CT molecular complexity index is 788. The lowest BCUT2D eigenvalue weighted by atomic mass is 9.98. The van der Waals surface area contributed by atoms with Gasteiger partial charge in [0.05, 0.1) is 10.6 Å². The van der Waals surface area contributed by atoms with Crippen LogP contribution in [0.2, 0.25) is 0 Å². The maximum Gasteiger partial charge on any atom is 0.181 e. The number of rotatable bonds is 2. The second kappa shape index (κ2) is 5.30. The molecule has 0 bridgehead atoms. The van der Waals surface area contributed by atoms with Crippen molar-refractivity contribution in [3.63, 3.8) is 0 Å². The summed E-state index contributed by atoms with van der Waals surface area (Å²) in [5.41, 5.74) is 10.9. The zero-order valence-electron chi connectivity index (χ0n) is 11.9. The van der Waals surface area contributed by atoms with E-state index in [2.05, 4.69) is 4.98 Å². The topological polar surface area (TPSA) is 38.9 Å². The third-order valence-corrected chi connectivity index (χ3v) is 4.38. The number of benzene rings is 2. The Morgan fingerprint density at radius 3 is 2.38 bits per heavy atom. The van der Waals surface area contributed by atoms with Crippen molar-refractivity contribution in [3.05, 3.63) is 59.4 Å². The fourth-order valence-corrected chi connectivity index (χ4v) is 3.35. The van der Waals surface area contributed by atoms with Gasteiger partial charge in [0.1, 0.15) is 5.82 Å². The van der Waals surface area contributed by atoms with E-state index in [0.717, 1.165) is 32.8 Å². The maximum atomic E-state index is 13.5. The molecule has 0 radical (unpaired) electrons. The van der Waals surface area contributed by atoms with Crippen LogP contribution >= 0.6 is 11.3 Å². The molecule has 0 unspecified atom stereocenters. The van der Waals surface area contributed by atoms with Crippen LogP contribution in [0, 0.1) is 19.7 Å². The first-order valence-electron chi connectivity index (χ1n) is 6.65. The smallest absolute Gasteiger partial charge is 0.181 e. The van der Waals surface area contributed by atoms with Gasteiger partial charge in [0.25, 0.3) is 0 Å². The van der Waals surface area contributed by atoms with Crippen LogP contribution in [0.3, 0.4) is 0 Å². The van der Waals surface area contributed by atoms with Crippen LogP contribution < -0.4 is 5.73 Å². The Morgan fingerprint density at radius 2 is 1.71 bits per heavy atom. The minimum atomic E-state index is -0.257. The van der Waals surface area contributed by atoms with Crippen LogP contribution in [-0.2, 0) is 0 Å².